The molecule has 0 amide bonds. The van der Waals surface area contributed by atoms with Gasteiger partial charge in [0.15, 0.2) is 0 Å². The minimum Gasteiger partial charge on any atom is -0.419 e. The van der Waals surface area contributed by atoms with E-state index in [4.69, 9.17) is 4.42 Å². The number of piperidine rings is 1. The largest absolute Gasteiger partial charge is 0.419 e. The van der Waals surface area contributed by atoms with Crippen LogP contribution in [0.4, 0.5) is 0 Å². The monoisotopic (exact) mass is 304 g/mol. The Bertz CT molecular complexity index is 585. The number of nitrogens with zero attached hydrogens (tertiary/aromatic N) is 3. The van der Waals surface area contributed by atoms with Crippen LogP contribution in [0.2, 0.25) is 0 Å². The van der Waals surface area contributed by atoms with Crippen molar-refractivity contribution in [3.63, 3.8) is 0 Å². The molecule has 4 heterocycles. The molecule has 2 aromatic heterocycles. The van der Waals surface area contributed by atoms with Crippen molar-refractivity contribution >= 4 is 11.3 Å². The summed E-state index contributed by atoms with van der Waals surface area (Å²) in [5.74, 6) is 1.35. The second kappa shape index (κ2) is 5.51. The van der Waals surface area contributed by atoms with Crippen LogP contribution in [0.5, 0.6) is 0 Å². The van der Waals surface area contributed by atoms with Gasteiger partial charge in [0, 0.05) is 18.1 Å². The highest BCUT2D eigenvalue weighted by Crippen LogP contribution is 2.30. The van der Waals surface area contributed by atoms with E-state index in [0.717, 1.165) is 11.4 Å². The summed E-state index contributed by atoms with van der Waals surface area (Å²) >= 11 is 1.63. The molecule has 2 aliphatic heterocycles. The van der Waals surface area contributed by atoms with Gasteiger partial charge in [-0.2, -0.15) is 0 Å². The Balaban J connectivity index is 1.41. The highest BCUT2D eigenvalue weighted by molar-refractivity contribution is 7.13. The van der Waals surface area contributed by atoms with Crippen molar-refractivity contribution in [2.45, 2.75) is 50.4 Å². The number of fused-ring (bicyclic) bond motifs is 2. The SMILES string of the molecule is CN(Cc1nnc(-c2cccs2)o1)C1CC2CCC(C1)N2. The zero-order valence-corrected chi connectivity index (χ0v) is 13.0. The summed E-state index contributed by atoms with van der Waals surface area (Å²) in [6.45, 7) is 0.739. The van der Waals surface area contributed by atoms with E-state index >= 15 is 0 Å². The molecular formula is C15H20N4OS. The molecule has 0 radical (unpaired) electrons. The maximum Gasteiger partial charge on any atom is 0.257 e. The van der Waals surface area contributed by atoms with Crippen LogP contribution in [-0.2, 0) is 6.54 Å². The van der Waals surface area contributed by atoms with Gasteiger partial charge in [-0.1, -0.05) is 6.07 Å². The van der Waals surface area contributed by atoms with Crippen LogP contribution in [0.3, 0.4) is 0 Å². The molecule has 5 nitrogen and oxygen atoms in total. The summed E-state index contributed by atoms with van der Waals surface area (Å²) in [7, 11) is 2.17. The lowest BCUT2D eigenvalue weighted by Crippen LogP contribution is -2.46. The van der Waals surface area contributed by atoms with E-state index in [1.54, 1.807) is 11.3 Å². The van der Waals surface area contributed by atoms with Crippen molar-refractivity contribution in [3.8, 4) is 10.8 Å². The Kier molecular flexibility index (Phi) is 3.52. The van der Waals surface area contributed by atoms with Gasteiger partial charge in [-0.25, -0.2) is 0 Å². The third kappa shape index (κ3) is 2.75. The molecule has 112 valence electrons. The third-order valence-electron chi connectivity index (χ3n) is 4.65. The second-order valence-corrected chi connectivity index (χ2v) is 7.10. The van der Waals surface area contributed by atoms with Crippen LogP contribution in [0.1, 0.15) is 31.6 Å². The van der Waals surface area contributed by atoms with Gasteiger partial charge in [-0.3, -0.25) is 4.90 Å². The first-order valence-corrected chi connectivity index (χ1v) is 8.48. The Morgan fingerprint density at radius 3 is 2.86 bits per heavy atom. The molecule has 2 aromatic rings. The molecule has 2 bridgehead atoms. The molecule has 2 unspecified atom stereocenters. The third-order valence-corrected chi connectivity index (χ3v) is 5.51. The zero-order chi connectivity index (χ0) is 14.2. The molecule has 6 heteroatoms. The van der Waals surface area contributed by atoms with Crippen molar-refractivity contribution < 1.29 is 4.42 Å². The molecule has 2 fully saturated rings. The van der Waals surface area contributed by atoms with Crippen LogP contribution in [0.15, 0.2) is 21.9 Å². The van der Waals surface area contributed by atoms with Gasteiger partial charge in [-0.05, 0) is 44.2 Å². The van der Waals surface area contributed by atoms with E-state index in [1.165, 1.54) is 25.7 Å². The number of rotatable bonds is 4. The van der Waals surface area contributed by atoms with Crippen LogP contribution in [-0.4, -0.2) is 40.3 Å². The van der Waals surface area contributed by atoms with E-state index < -0.39 is 0 Å². The van der Waals surface area contributed by atoms with Crippen LogP contribution >= 0.6 is 11.3 Å². The van der Waals surface area contributed by atoms with E-state index in [2.05, 4.69) is 27.5 Å². The highest BCUT2D eigenvalue weighted by Gasteiger charge is 2.35. The lowest BCUT2D eigenvalue weighted by atomic mass is 9.98. The van der Waals surface area contributed by atoms with Crippen molar-refractivity contribution in [1.29, 1.82) is 0 Å². The molecule has 0 aliphatic carbocycles. The molecule has 0 aromatic carbocycles. The smallest absolute Gasteiger partial charge is 0.257 e. The lowest BCUT2D eigenvalue weighted by molar-refractivity contribution is 0.154. The Hall–Kier alpha value is -1.24. The molecule has 0 saturated carbocycles. The van der Waals surface area contributed by atoms with Gasteiger partial charge in [0.05, 0.1) is 11.4 Å². The lowest BCUT2D eigenvalue weighted by Gasteiger charge is -2.34. The molecule has 0 spiro atoms. The number of aromatic nitrogens is 2. The van der Waals surface area contributed by atoms with Crippen molar-refractivity contribution in [2.24, 2.45) is 0 Å². The molecule has 2 saturated heterocycles. The van der Waals surface area contributed by atoms with Crippen molar-refractivity contribution in [3.05, 3.63) is 23.4 Å². The summed E-state index contributed by atoms with van der Waals surface area (Å²) < 4.78 is 5.79. The molecule has 21 heavy (non-hydrogen) atoms. The fraction of sp³-hybridized carbons (Fsp3) is 0.600. The van der Waals surface area contributed by atoms with Gasteiger partial charge in [0.1, 0.15) is 0 Å². The number of hydrogen-bond acceptors (Lipinski definition) is 6. The Morgan fingerprint density at radius 2 is 2.14 bits per heavy atom. The molecular weight excluding hydrogens is 284 g/mol. The quantitative estimate of drug-likeness (QED) is 0.940. The average Bonchev–Trinajstić information content (AvgIpc) is 3.20. The fourth-order valence-corrected chi connectivity index (χ4v) is 4.19. The molecule has 1 N–H and O–H groups in total. The normalized spacial score (nSPS) is 28.4. The molecule has 4 rings (SSSR count). The van der Waals surface area contributed by atoms with Crippen molar-refractivity contribution in [1.82, 2.24) is 20.4 Å². The highest BCUT2D eigenvalue weighted by atomic mass is 32.1. The van der Waals surface area contributed by atoms with Crippen LogP contribution in [0.25, 0.3) is 10.8 Å². The Labute approximate surface area is 128 Å². The van der Waals surface area contributed by atoms with Crippen molar-refractivity contribution in [2.75, 3.05) is 7.05 Å². The number of hydrogen-bond donors (Lipinski definition) is 1. The molecule has 2 aliphatic rings. The first kappa shape index (κ1) is 13.4. The predicted molar refractivity (Wildman–Crippen MR) is 82.0 cm³/mol. The minimum atomic E-state index is 0.626. The van der Waals surface area contributed by atoms with Crippen LogP contribution < -0.4 is 5.32 Å². The standard InChI is InChI=1S/C15H20N4OS/c1-19(12-7-10-4-5-11(8-12)16-10)9-14-17-18-15(20-14)13-3-2-6-21-13/h2-3,6,10-12,16H,4-5,7-9H2,1H3. The van der Waals surface area contributed by atoms with Gasteiger partial charge in [0.25, 0.3) is 5.89 Å². The van der Waals surface area contributed by atoms with Gasteiger partial charge < -0.3 is 9.73 Å². The second-order valence-electron chi connectivity index (χ2n) is 6.16. The first-order chi connectivity index (χ1) is 10.3. The minimum absolute atomic E-state index is 0.626. The predicted octanol–water partition coefficient (Wildman–Crippen LogP) is 2.51. The molecule has 2 atom stereocenters. The first-order valence-electron chi connectivity index (χ1n) is 7.60. The Morgan fingerprint density at radius 1 is 1.33 bits per heavy atom. The average molecular weight is 304 g/mol. The summed E-state index contributed by atoms with van der Waals surface area (Å²) in [5, 5.41) is 14.1. The summed E-state index contributed by atoms with van der Waals surface area (Å²) in [6.07, 6.45) is 5.13. The van der Waals surface area contributed by atoms with Gasteiger partial charge >= 0.3 is 0 Å². The van der Waals surface area contributed by atoms with E-state index in [9.17, 15) is 0 Å². The summed E-state index contributed by atoms with van der Waals surface area (Å²) in [4.78, 5) is 3.41. The maximum atomic E-state index is 5.79. The number of nitrogens with one attached hydrogen (secondary N) is 1. The fourth-order valence-electron chi connectivity index (χ4n) is 3.55. The summed E-state index contributed by atoms with van der Waals surface area (Å²) in [6, 6.07) is 6.05. The van der Waals surface area contributed by atoms with E-state index in [0.29, 0.717) is 29.9 Å². The summed E-state index contributed by atoms with van der Waals surface area (Å²) in [5.41, 5.74) is 0. The number of thiophene rings is 1. The van der Waals surface area contributed by atoms with E-state index in [-0.39, 0.29) is 0 Å². The van der Waals surface area contributed by atoms with E-state index in [1.807, 2.05) is 17.5 Å². The maximum absolute atomic E-state index is 5.79. The van der Waals surface area contributed by atoms with Crippen LogP contribution in [0, 0.1) is 0 Å². The zero-order valence-electron chi connectivity index (χ0n) is 12.2. The van der Waals surface area contributed by atoms with Gasteiger partial charge in [-0.15, -0.1) is 21.5 Å². The van der Waals surface area contributed by atoms with Gasteiger partial charge in [0.2, 0.25) is 5.89 Å². The topological polar surface area (TPSA) is 54.2 Å².